The molecule has 140 valence electrons. The van der Waals surface area contributed by atoms with Crippen LogP contribution in [0.5, 0.6) is 5.75 Å². The molecule has 1 aromatic heterocycles. The molecule has 9 heteroatoms. The molecular formula is C18H18N4O4S. The molecule has 2 aromatic carbocycles. The van der Waals surface area contributed by atoms with Crippen molar-refractivity contribution in [1.29, 1.82) is 0 Å². The molecule has 1 atom stereocenters. The Morgan fingerprint density at radius 2 is 2.00 bits per heavy atom. The highest BCUT2D eigenvalue weighted by Gasteiger charge is 2.27. The standard InChI is InChI=1S/C18H18N4O4S/c1-9-12-7-14-15(8-13(12)22-18(9)23)21-17(20-14)11-5-4-10(6-16(11)26-3)27(24,25)19-2/h4-9,19H,1-3H3,(H,20,21)(H,22,23). The van der Waals surface area contributed by atoms with Gasteiger partial charge in [0, 0.05) is 11.8 Å². The zero-order chi connectivity index (χ0) is 19.3. The quantitative estimate of drug-likeness (QED) is 0.636. The molecule has 3 N–H and O–H groups in total. The third kappa shape index (κ3) is 2.75. The number of ether oxygens (including phenoxy) is 1. The first-order valence-corrected chi connectivity index (χ1v) is 9.79. The number of H-pyrrole nitrogens is 1. The van der Waals surface area contributed by atoms with Crippen molar-refractivity contribution in [2.24, 2.45) is 0 Å². The molecule has 0 radical (unpaired) electrons. The van der Waals surface area contributed by atoms with Gasteiger partial charge in [-0.2, -0.15) is 0 Å². The Balaban J connectivity index is 1.82. The number of hydrogen-bond acceptors (Lipinski definition) is 5. The van der Waals surface area contributed by atoms with E-state index in [-0.39, 0.29) is 16.7 Å². The predicted molar refractivity (Wildman–Crippen MR) is 101 cm³/mol. The summed E-state index contributed by atoms with van der Waals surface area (Å²) in [6, 6.07) is 8.35. The molecular weight excluding hydrogens is 368 g/mol. The number of aromatic amines is 1. The monoisotopic (exact) mass is 386 g/mol. The number of carbonyl (C=O) groups is 1. The first-order chi connectivity index (χ1) is 12.8. The van der Waals surface area contributed by atoms with E-state index in [0.29, 0.717) is 17.1 Å². The van der Waals surface area contributed by atoms with Gasteiger partial charge >= 0.3 is 0 Å². The summed E-state index contributed by atoms with van der Waals surface area (Å²) in [5, 5.41) is 2.86. The maximum Gasteiger partial charge on any atom is 0.240 e. The van der Waals surface area contributed by atoms with Crippen LogP contribution in [0.25, 0.3) is 22.4 Å². The van der Waals surface area contributed by atoms with E-state index >= 15 is 0 Å². The number of fused-ring (bicyclic) bond motifs is 2. The van der Waals surface area contributed by atoms with Gasteiger partial charge in [-0.15, -0.1) is 0 Å². The van der Waals surface area contributed by atoms with E-state index in [1.54, 1.807) is 6.07 Å². The highest BCUT2D eigenvalue weighted by molar-refractivity contribution is 7.89. The van der Waals surface area contributed by atoms with Gasteiger partial charge in [0.05, 0.1) is 34.5 Å². The van der Waals surface area contributed by atoms with Crippen molar-refractivity contribution in [3.63, 3.8) is 0 Å². The Morgan fingerprint density at radius 1 is 1.22 bits per heavy atom. The van der Waals surface area contributed by atoms with Crippen LogP contribution in [0.15, 0.2) is 35.2 Å². The fourth-order valence-corrected chi connectivity index (χ4v) is 3.95. The summed E-state index contributed by atoms with van der Waals surface area (Å²) in [4.78, 5) is 19.7. The third-order valence-corrected chi connectivity index (χ3v) is 6.19. The normalized spacial score (nSPS) is 16.4. The molecule has 0 fully saturated rings. The molecule has 0 saturated heterocycles. The van der Waals surface area contributed by atoms with E-state index in [9.17, 15) is 13.2 Å². The summed E-state index contributed by atoms with van der Waals surface area (Å²) < 4.78 is 31.7. The molecule has 1 aliphatic rings. The number of imidazole rings is 1. The van der Waals surface area contributed by atoms with Crippen LogP contribution in [0, 0.1) is 0 Å². The van der Waals surface area contributed by atoms with E-state index in [0.717, 1.165) is 22.3 Å². The lowest BCUT2D eigenvalue weighted by Crippen LogP contribution is -2.18. The van der Waals surface area contributed by atoms with Gasteiger partial charge in [0.25, 0.3) is 0 Å². The van der Waals surface area contributed by atoms with Crippen molar-refractivity contribution in [3.8, 4) is 17.1 Å². The molecule has 8 nitrogen and oxygen atoms in total. The van der Waals surface area contributed by atoms with Crippen molar-refractivity contribution < 1.29 is 17.9 Å². The Morgan fingerprint density at radius 3 is 2.70 bits per heavy atom. The Kier molecular flexibility index (Phi) is 3.93. The minimum atomic E-state index is -3.57. The smallest absolute Gasteiger partial charge is 0.240 e. The van der Waals surface area contributed by atoms with E-state index in [1.165, 1.54) is 26.3 Å². The number of benzene rings is 2. The summed E-state index contributed by atoms with van der Waals surface area (Å²) in [6.45, 7) is 1.85. The van der Waals surface area contributed by atoms with Crippen molar-refractivity contribution >= 4 is 32.7 Å². The lowest BCUT2D eigenvalue weighted by Gasteiger charge is -2.09. The number of hydrogen-bond donors (Lipinski definition) is 3. The molecule has 1 aliphatic heterocycles. The molecule has 1 unspecified atom stereocenters. The maximum atomic E-state index is 12.0. The van der Waals surface area contributed by atoms with E-state index in [1.807, 2.05) is 19.1 Å². The first-order valence-electron chi connectivity index (χ1n) is 8.30. The number of nitrogens with zero attached hydrogens (tertiary/aromatic N) is 1. The SMILES string of the molecule is CNS(=O)(=O)c1ccc(-c2nc3cc4c(cc3[nH]2)NC(=O)C4C)c(OC)c1. The van der Waals surface area contributed by atoms with Crippen molar-refractivity contribution in [3.05, 3.63) is 35.9 Å². The van der Waals surface area contributed by atoms with Gasteiger partial charge in [-0.1, -0.05) is 0 Å². The number of aromatic nitrogens is 2. The van der Waals surface area contributed by atoms with Gasteiger partial charge in [-0.05, 0) is 43.8 Å². The molecule has 27 heavy (non-hydrogen) atoms. The average molecular weight is 386 g/mol. The molecule has 0 saturated carbocycles. The van der Waals surface area contributed by atoms with Crippen LogP contribution in [0.1, 0.15) is 18.4 Å². The second kappa shape index (κ2) is 6.07. The number of methoxy groups -OCH3 is 1. The van der Waals surface area contributed by atoms with Gasteiger partial charge < -0.3 is 15.0 Å². The van der Waals surface area contributed by atoms with E-state index < -0.39 is 10.0 Å². The highest BCUT2D eigenvalue weighted by atomic mass is 32.2. The second-order valence-corrected chi connectivity index (χ2v) is 8.21. The summed E-state index contributed by atoms with van der Waals surface area (Å²) in [7, 11) is -0.743. The van der Waals surface area contributed by atoms with Crippen molar-refractivity contribution in [1.82, 2.24) is 14.7 Å². The summed E-state index contributed by atoms with van der Waals surface area (Å²) in [5.41, 5.74) is 3.82. The molecule has 0 bridgehead atoms. The fourth-order valence-electron chi connectivity index (χ4n) is 3.20. The largest absolute Gasteiger partial charge is 0.496 e. The number of anilines is 1. The van der Waals surface area contributed by atoms with Crippen LogP contribution >= 0.6 is 0 Å². The lowest BCUT2D eigenvalue weighted by molar-refractivity contribution is -0.116. The number of rotatable bonds is 4. The lowest BCUT2D eigenvalue weighted by atomic mass is 10.0. The van der Waals surface area contributed by atoms with Crippen LogP contribution in [-0.4, -0.2) is 38.5 Å². The minimum absolute atomic E-state index is 0.0270. The van der Waals surface area contributed by atoms with Gasteiger partial charge in [0.1, 0.15) is 11.6 Å². The Hall–Kier alpha value is -2.91. The Bertz CT molecular complexity index is 1180. The zero-order valence-corrected chi connectivity index (χ0v) is 15.8. The van der Waals surface area contributed by atoms with Crippen LogP contribution in [-0.2, 0) is 14.8 Å². The average Bonchev–Trinajstić information content (AvgIpc) is 3.19. The van der Waals surface area contributed by atoms with Crippen LogP contribution < -0.4 is 14.8 Å². The predicted octanol–water partition coefficient (Wildman–Crippen LogP) is 2.20. The molecule has 2 heterocycles. The number of nitrogens with one attached hydrogen (secondary N) is 3. The highest BCUT2D eigenvalue weighted by Crippen LogP contribution is 2.37. The topological polar surface area (TPSA) is 113 Å². The molecule has 4 rings (SSSR count). The van der Waals surface area contributed by atoms with Gasteiger partial charge in [-0.25, -0.2) is 18.1 Å². The van der Waals surface area contributed by atoms with Gasteiger partial charge in [0.15, 0.2) is 0 Å². The van der Waals surface area contributed by atoms with E-state index in [4.69, 9.17) is 4.74 Å². The fraction of sp³-hybridized carbons (Fsp3) is 0.222. The molecule has 0 aliphatic carbocycles. The van der Waals surface area contributed by atoms with Gasteiger partial charge in [0.2, 0.25) is 15.9 Å². The van der Waals surface area contributed by atoms with Crippen LogP contribution in [0.4, 0.5) is 5.69 Å². The number of sulfonamides is 1. The van der Waals surface area contributed by atoms with Crippen LogP contribution in [0.2, 0.25) is 0 Å². The third-order valence-electron chi connectivity index (χ3n) is 4.78. The van der Waals surface area contributed by atoms with E-state index in [2.05, 4.69) is 20.0 Å². The zero-order valence-electron chi connectivity index (χ0n) is 15.0. The van der Waals surface area contributed by atoms with Crippen molar-refractivity contribution in [2.45, 2.75) is 17.7 Å². The molecule has 1 amide bonds. The minimum Gasteiger partial charge on any atom is -0.496 e. The summed E-state index contributed by atoms with van der Waals surface area (Å²) >= 11 is 0. The molecule has 0 spiro atoms. The first kappa shape index (κ1) is 17.5. The summed E-state index contributed by atoms with van der Waals surface area (Å²) in [5.74, 6) is 0.698. The van der Waals surface area contributed by atoms with Crippen LogP contribution in [0.3, 0.4) is 0 Å². The number of carbonyl (C=O) groups excluding carboxylic acids is 1. The number of amides is 1. The van der Waals surface area contributed by atoms with Crippen molar-refractivity contribution in [2.75, 3.05) is 19.5 Å². The molecule has 3 aromatic rings. The van der Waals surface area contributed by atoms with Gasteiger partial charge in [-0.3, -0.25) is 4.79 Å². The summed E-state index contributed by atoms with van der Waals surface area (Å²) in [6.07, 6.45) is 0. The Labute approximate surface area is 156 Å². The second-order valence-electron chi connectivity index (χ2n) is 6.32. The maximum absolute atomic E-state index is 12.0.